The first-order valence-corrected chi connectivity index (χ1v) is 5.57. The molecule has 1 aliphatic rings. The second-order valence-corrected chi connectivity index (χ2v) is 4.72. The highest BCUT2D eigenvalue weighted by Gasteiger charge is 2.58. The lowest BCUT2D eigenvalue weighted by Gasteiger charge is -2.14. The van der Waals surface area contributed by atoms with Gasteiger partial charge in [0.25, 0.3) is 0 Å². The van der Waals surface area contributed by atoms with Crippen LogP contribution >= 0.6 is 24.0 Å². The van der Waals surface area contributed by atoms with E-state index in [4.69, 9.17) is 17.3 Å². The Morgan fingerprint density at radius 1 is 1.26 bits per heavy atom. The summed E-state index contributed by atoms with van der Waals surface area (Å²) in [5, 5.41) is -0.743. The van der Waals surface area contributed by atoms with E-state index in [-0.39, 0.29) is 24.4 Å². The molecule has 1 aliphatic carbocycles. The molecule has 0 radical (unpaired) electrons. The third-order valence-corrected chi connectivity index (χ3v) is 3.49. The number of hydrogen-bond donors (Lipinski definition) is 1. The van der Waals surface area contributed by atoms with Gasteiger partial charge in [-0.25, -0.2) is 8.78 Å². The van der Waals surface area contributed by atoms with Gasteiger partial charge in [0.15, 0.2) is 0 Å². The van der Waals surface area contributed by atoms with E-state index in [0.29, 0.717) is 0 Å². The first-order valence-electron chi connectivity index (χ1n) is 5.19. The molecule has 0 amide bonds. The van der Waals surface area contributed by atoms with Gasteiger partial charge in [0.1, 0.15) is 16.7 Å². The maximum atomic E-state index is 13.6. The zero-order chi connectivity index (χ0) is 13.7. The van der Waals surface area contributed by atoms with E-state index < -0.39 is 40.7 Å². The highest BCUT2D eigenvalue weighted by molar-refractivity contribution is 6.30. The van der Waals surface area contributed by atoms with Crippen molar-refractivity contribution in [3.8, 4) is 0 Å². The smallest absolute Gasteiger partial charge is 0.324 e. The molecular formula is C11H10Cl2F5N. The van der Waals surface area contributed by atoms with Gasteiger partial charge in [-0.05, 0) is 18.4 Å². The largest absolute Gasteiger partial charge is 0.392 e. The van der Waals surface area contributed by atoms with Crippen LogP contribution < -0.4 is 5.73 Å². The van der Waals surface area contributed by atoms with Crippen LogP contribution in [0, 0.1) is 23.5 Å². The summed E-state index contributed by atoms with van der Waals surface area (Å²) in [5.74, 6) is -4.44. The van der Waals surface area contributed by atoms with Crippen molar-refractivity contribution in [3.63, 3.8) is 0 Å². The second kappa shape index (κ2) is 5.42. The van der Waals surface area contributed by atoms with E-state index in [9.17, 15) is 22.0 Å². The van der Waals surface area contributed by atoms with Gasteiger partial charge in [-0.15, -0.1) is 12.4 Å². The molecule has 1 fully saturated rings. The summed E-state index contributed by atoms with van der Waals surface area (Å²) in [6.07, 6.45) is -4.47. The van der Waals surface area contributed by atoms with Crippen molar-refractivity contribution in [2.45, 2.75) is 18.6 Å². The Hall–Kier alpha value is -0.590. The van der Waals surface area contributed by atoms with Gasteiger partial charge >= 0.3 is 6.18 Å². The fraction of sp³-hybridized carbons (Fsp3) is 0.455. The zero-order valence-electron chi connectivity index (χ0n) is 9.35. The predicted molar refractivity (Wildman–Crippen MR) is 63.2 cm³/mol. The average molecular weight is 322 g/mol. The maximum Gasteiger partial charge on any atom is 0.392 e. The Balaban J connectivity index is 0.00000180. The minimum atomic E-state index is -4.33. The van der Waals surface area contributed by atoms with Crippen LogP contribution in [0.5, 0.6) is 0 Å². The Kier molecular flexibility index (Phi) is 4.70. The molecule has 2 N–H and O–H groups in total. The predicted octanol–water partition coefficient (Wildman–Crippen LogP) is 4.24. The SMILES string of the molecule is Cl.NC(c1ccc(F)c(Cl)c1F)C1CC1C(F)(F)F. The third-order valence-electron chi connectivity index (χ3n) is 3.15. The summed E-state index contributed by atoms with van der Waals surface area (Å²) in [6.45, 7) is 0. The van der Waals surface area contributed by atoms with Crippen molar-refractivity contribution in [3.05, 3.63) is 34.4 Å². The molecule has 3 atom stereocenters. The highest BCUT2D eigenvalue weighted by Crippen LogP contribution is 2.55. The van der Waals surface area contributed by atoms with E-state index in [2.05, 4.69) is 0 Å². The van der Waals surface area contributed by atoms with Gasteiger partial charge in [-0.1, -0.05) is 17.7 Å². The first kappa shape index (κ1) is 16.5. The van der Waals surface area contributed by atoms with Crippen LogP contribution in [0.25, 0.3) is 0 Å². The van der Waals surface area contributed by atoms with Crippen molar-refractivity contribution in [1.29, 1.82) is 0 Å². The minimum absolute atomic E-state index is 0. The molecule has 1 nitrogen and oxygen atoms in total. The van der Waals surface area contributed by atoms with Gasteiger partial charge in [-0.2, -0.15) is 13.2 Å². The van der Waals surface area contributed by atoms with Crippen LogP contribution in [0.15, 0.2) is 12.1 Å². The molecule has 19 heavy (non-hydrogen) atoms. The average Bonchev–Trinajstić information content (AvgIpc) is 3.04. The lowest BCUT2D eigenvalue weighted by molar-refractivity contribution is -0.151. The Labute approximate surface area is 117 Å². The summed E-state index contributed by atoms with van der Waals surface area (Å²) >= 11 is 5.35. The molecule has 1 saturated carbocycles. The fourth-order valence-corrected chi connectivity index (χ4v) is 2.19. The molecule has 0 aliphatic heterocycles. The summed E-state index contributed by atoms with van der Waals surface area (Å²) in [5.41, 5.74) is 5.40. The number of hydrogen-bond acceptors (Lipinski definition) is 1. The van der Waals surface area contributed by atoms with Crippen LogP contribution in [0.4, 0.5) is 22.0 Å². The van der Waals surface area contributed by atoms with Crippen LogP contribution in [-0.2, 0) is 0 Å². The Morgan fingerprint density at radius 3 is 2.32 bits per heavy atom. The normalized spacial score (nSPS) is 23.7. The monoisotopic (exact) mass is 321 g/mol. The fourth-order valence-electron chi connectivity index (χ4n) is 2.02. The quantitative estimate of drug-likeness (QED) is 0.640. The van der Waals surface area contributed by atoms with Gasteiger partial charge in [0, 0.05) is 11.6 Å². The zero-order valence-corrected chi connectivity index (χ0v) is 10.9. The van der Waals surface area contributed by atoms with Crippen molar-refractivity contribution < 1.29 is 22.0 Å². The van der Waals surface area contributed by atoms with Gasteiger partial charge in [0.2, 0.25) is 0 Å². The van der Waals surface area contributed by atoms with Crippen molar-refractivity contribution >= 4 is 24.0 Å². The van der Waals surface area contributed by atoms with Crippen LogP contribution in [0.1, 0.15) is 18.0 Å². The summed E-state index contributed by atoms with van der Waals surface area (Å²) in [7, 11) is 0. The third kappa shape index (κ3) is 3.12. The topological polar surface area (TPSA) is 26.0 Å². The lowest BCUT2D eigenvalue weighted by Crippen LogP contribution is -2.20. The minimum Gasteiger partial charge on any atom is -0.324 e. The standard InChI is InChI=1S/C11H9ClF5N.ClH/c12-8-7(13)2-1-4(9(8)14)10(18)5-3-6(5)11(15,16)17;/h1-2,5-6,10H,3,18H2;1H. The number of rotatable bonds is 2. The molecular weight excluding hydrogens is 312 g/mol. The molecule has 0 saturated heterocycles. The van der Waals surface area contributed by atoms with Crippen LogP contribution in [0.2, 0.25) is 5.02 Å². The highest BCUT2D eigenvalue weighted by atomic mass is 35.5. The molecule has 8 heteroatoms. The maximum absolute atomic E-state index is 13.6. The summed E-state index contributed by atoms with van der Waals surface area (Å²) in [4.78, 5) is 0. The molecule has 0 spiro atoms. The second-order valence-electron chi connectivity index (χ2n) is 4.34. The van der Waals surface area contributed by atoms with Crippen LogP contribution in [-0.4, -0.2) is 6.18 Å². The molecule has 108 valence electrons. The van der Waals surface area contributed by atoms with E-state index in [1.165, 1.54) is 0 Å². The van der Waals surface area contributed by atoms with E-state index in [1.807, 2.05) is 0 Å². The van der Waals surface area contributed by atoms with Gasteiger partial charge in [0.05, 0.1) is 5.92 Å². The van der Waals surface area contributed by atoms with E-state index in [1.54, 1.807) is 0 Å². The molecule has 0 bridgehead atoms. The van der Waals surface area contributed by atoms with Gasteiger partial charge < -0.3 is 5.73 Å². The molecule has 1 aromatic carbocycles. The molecule has 2 rings (SSSR count). The Bertz CT molecular complexity index is 477. The summed E-state index contributed by atoms with van der Waals surface area (Å²) < 4.78 is 63.6. The van der Waals surface area contributed by atoms with Crippen molar-refractivity contribution in [1.82, 2.24) is 0 Å². The molecule has 1 aromatic rings. The molecule has 0 aromatic heterocycles. The van der Waals surface area contributed by atoms with E-state index >= 15 is 0 Å². The lowest BCUT2D eigenvalue weighted by atomic mass is 10.0. The number of benzene rings is 1. The van der Waals surface area contributed by atoms with Crippen LogP contribution in [0.3, 0.4) is 0 Å². The van der Waals surface area contributed by atoms with E-state index in [0.717, 1.165) is 12.1 Å². The summed E-state index contributed by atoms with van der Waals surface area (Å²) in [6, 6.07) is 0.799. The molecule has 3 unspecified atom stereocenters. The number of alkyl halides is 3. The van der Waals surface area contributed by atoms with Crippen molar-refractivity contribution in [2.75, 3.05) is 0 Å². The first-order chi connectivity index (χ1) is 8.23. The molecule has 0 heterocycles. The number of nitrogens with two attached hydrogens (primary N) is 1. The van der Waals surface area contributed by atoms with Gasteiger partial charge in [-0.3, -0.25) is 0 Å². The van der Waals surface area contributed by atoms with Crippen molar-refractivity contribution in [2.24, 2.45) is 17.6 Å². The Morgan fingerprint density at radius 2 is 1.84 bits per heavy atom. The number of halogens is 7.